The predicted octanol–water partition coefficient (Wildman–Crippen LogP) is 6.24. The quantitative estimate of drug-likeness (QED) is 0.566. The van der Waals surface area contributed by atoms with Crippen molar-refractivity contribution >= 4 is 5.69 Å². The highest BCUT2D eigenvalue weighted by molar-refractivity contribution is 5.55. The van der Waals surface area contributed by atoms with Crippen LogP contribution in [0.25, 0.3) is 0 Å². The molecule has 0 amide bonds. The third kappa shape index (κ3) is 4.23. The van der Waals surface area contributed by atoms with Gasteiger partial charge in [0, 0.05) is 19.3 Å². The van der Waals surface area contributed by atoms with E-state index in [2.05, 4.69) is 31.7 Å². The molecule has 1 aliphatic heterocycles. The van der Waals surface area contributed by atoms with Crippen molar-refractivity contribution in [2.24, 2.45) is 10.8 Å². The molecule has 3 fully saturated rings. The lowest BCUT2D eigenvalue weighted by molar-refractivity contribution is 0.0267. The van der Waals surface area contributed by atoms with Gasteiger partial charge in [0.25, 0.3) is 0 Å². The minimum absolute atomic E-state index is 0.357. The fourth-order valence-corrected chi connectivity index (χ4v) is 5.35. The monoisotopic (exact) mass is 382 g/mol. The van der Waals surface area contributed by atoms with Gasteiger partial charge in [0.1, 0.15) is 0 Å². The number of anilines is 1. The Morgan fingerprint density at radius 3 is 2.36 bits per heavy atom. The number of nitrogens with zero attached hydrogens (tertiary/aromatic N) is 2. The van der Waals surface area contributed by atoms with Crippen LogP contribution in [0.5, 0.6) is 0 Å². The second-order valence-corrected chi connectivity index (χ2v) is 9.72. The van der Waals surface area contributed by atoms with Gasteiger partial charge in [0.05, 0.1) is 23.8 Å². The lowest BCUT2D eigenvalue weighted by atomic mass is 9.59. The summed E-state index contributed by atoms with van der Waals surface area (Å²) in [6.07, 6.45) is 11.4. The first-order valence-electron chi connectivity index (χ1n) is 11.2. The minimum Gasteiger partial charge on any atom is -0.375 e. The molecule has 0 N–H and O–H groups in total. The van der Waals surface area contributed by atoms with Gasteiger partial charge in [-0.05, 0) is 87.0 Å². The van der Waals surface area contributed by atoms with Crippen molar-refractivity contribution in [2.75, 3.05) is 25.1 Å². The van der Waals surface area contributed by atoms with Crippen LogP contribution < -0.4 is 4.90 Å². The fraction of sp³-hybridized carbons (Fsp3) is 0.720. The second-order valence-electron chi connectivity index (χ2n) is 9.72. The van der Waals surface area contributed by atoms with E-state index < -0.39 is 0 Å². The van der Waals surface area contributed by atoms with Crippen molar-refractivity contribution in [3.63, 3.8) is 0 Å². The van der Waals surface area contributed by atoms with Gasteiger partial charge >= 0.3 is 0 Å². The molecule has 2 spiro atoms. The highest BCUT2D eigenvalue weighted by Gasteiger charge is 2.64. The van der Waals surface area contributed by atoms with Gasteiger partial charge in [-0.25, -0.2) is 0 Å². The van der Waals surface area contributed by atoms with E-state index in [9.17, 15) is 0 Å². The zero-order chi connectivity index (χ0) is 20.4. The van der Waals surface area contributed by atoms with Gasteiger partial charge in [-0.15, -0.1) is 0 Å². The number of rotatable bonds is 5. The Balaban J connectivity index is 0.000000163. The maximum atomic E-state index is 8.69. The molecule has 0 radical (unpaired) electrons. The number of benzene rings is 1. The number of nitriles is 1. The molecule has 0 bridgehead atoms. The maximum absolute atomic E-state index is 8.69. The first-order chi connectivity index (χ1) is 13.3. The van der Waals surface area contributed by atoms with Crippen LogP contribution in [0.1, 0.15) is 83.3 Å². The predicted molar refractivity (Wildman–Crippen MR) is 117 cm³/mol. The van der Waals surface area contributed by atoms with Crippen LogP contribution in [0.15, 0.2) is 18.2 Å². The number of hydrogen-bond acceptors (Lipinski definition) is 3. The summed E-state index contributed by atoms with van der Waals surface area (Å²) in [6.45, 7) is 11.0. The van der Waals surface area contributed by atoms with E-state index in [1.165, 1.54) is 57.1 Å². The number of hydrogen-bond donors (Lipinski definition) is 0. The lowest BCUT2D eigenvalue weighted by Crippen LogP contribution is -2.40. The van der Waals surface area contributed by atoms with Gasteiger partial charge in [0.2, 0.25) is 0 Å². The summed E-state index contributed by atoms with van der Waals surface area (Å²) in [7, 11) is 2.05. The number of aryl methyl sites for hydroxylation is 1. The lowest BCUT2D eigenvalue weighted by Gasteiger charge is -2.45. The molecule has 1 saturated heterocycles. The van der Waals surface area contributed by atoms with Gasteiger partial charge in [-0.2, -0.15) is 5.26 Å². The first kappa shape index (κ1) is 21.2. The van der Waals surface area contributed by atoms with E-state index >= 15 is 0 Å². The van der Waals surface area contributed by atoms with Crippen LogP contribution in [-0.2, 0) is 4.74 Å². The summed E-state index contributed by atoms with van der Waals surface area (Å²) < 4.78 is 5.73. The molecule has 3 heteroatoms. The standard InChI is InChI=1S/C14H24O.C11H14N2/c1-3-4-5-12(2)10-14(11-15-14)9-8-13(12)6-7-13;1-4-13(3)11-6-5-10(8-12)7-9(11)2/h3-11H2,1-2H3;5-7H,4H2,1-3H3. The van der Waals surface area contributed by atoms with Crippen LogP contribution in [0.4, 0.5) is 5.69 Å². The molecule has 3 aliphatic rings. The van der Waals surface area contributed by atoms with Crippen LogP contribution in [0, 0.1) is 29.1 Å². The Kier molecular flexibility index (Phi) is 6.11. The maximum Gasteiger partial charge on any atom is 0.0991 e. The fourth-order valence-electron chi connectivity index (χ4n) is 5.35. The van der Waals surface area contributed by atoms with Crippen LogP contribution in [0.3, 0.4) is 0 Å². The third-order valence-corrected chi connectivity index (χ3v) is 7.75. The zero-order valence-electron chi connectivity index (χ0n) is 18.6. The van der Waals surface area contributed by atoms with E-state index in [1.54, 1.807) is 0 Å². The Bertz CT molecular complexity index is 727. The smallest absolute Gasteiger partial charge is 0.0991 e. The second kappa shape index (κ2) is 8.07. The van der Waals surface area contributed by atoms with Crippen LogP contribution >= 0.6 is 0 Å². The Morgan fingerprint density at radius 1 is 1.18 bits per heavy atom. The van der Waals surface area contributed by atoms with E-state index in [1.807, 2.05) is 32.2 Å². The summed E-state index contributed by atoms with van der Waals surface area (Å²) in [4.78, 5) is 2.16. The van der Waals surface area contributed by atoms with Crippen molar-refractivity contribution < 1.29 is 4.74 Å². The molecule has 28 heavy (non-hydrogen) atoms. The van der Waals surface area contributed by atoms with Crippen molar-refractivity contribution in [3.05, 3.63) is 29.3 Å². The van der Waals surface area contributed by atoms with Crippen molar-refractivity contribution in [1.82, 2.24) is 0 Å². The zero-order valence-corrected chi connectivity index (χ0v) is 18.6. The SMILES string of the molecule is CCCCC1(C)CC2(CCC13CC3)CO2.CCN(C)c1ccc(C#N)cc1C. The molecule has 4 rings (SSSR count). The number of epoxide rings is 1. The molecule has 0 aromatic heterocycles. The van der Waals surface area contributed by atoms with Gasteiger partial charge in [-0.1, -0.05) is 26.7 Å². The van der Waals surface area contributed by atoms with E-state index in [-0.39, 0.29) is 0 Å². The molecule has 2 saturated carbocycles. The first-order valence-corrected chi connectivity index (χ1v) is 11.2. The minimum atomic E-state index is 0.357. The van der Waals surface area contributed by atoms with Crippen molar-refractivity contribution in [3.8, 4) is 6.07 Å². The topological polar surface area (TPSA) is 39.6 Å². The summed E-state index contributed by atoms with van der Waals surface area (Å²) in [5.41, 5.74) is 4.80. The van der Waals surface area contributed by atoms with Crippen LogP contribution in [0.2, 0.25) is 0 Å². The molecular formula is C25H38N2O. The summed E-state index contributed by atoms with van der Waals surface area (Å²) in [5, 5.41) is 8.69. The van der Waals surface area contributed by atoms with Gasteiger partial charge < -0.3 is 9.64 Å². The largest absolute Gasteiger partial charge is 0.375 e. The molecule has 3 nitrogen and oxygen atoms in total. The summed E-state index contributed by atoms with van der Waals surface area (Å²) in [6, 6.07) is 7.90. The average molecular weight is 383 g/mol. The summed E-state index contributed by atoms with van der Waals surface area (Å²) in [5.74, 6) is 0. The molecule has 2 unspecified atom stereocenters. The van der Waals surface area contributed by atoms with E-state index in [0.717, 1.165) is 29.7 Å². The van der Waals surface area contributed by atoms with Crippen molar-refractivity contribution in [2.45, 2.75) is 84.7 Å². The Hall–Kier alpha value is -1.53. The van der Waals surface area contributed by atoms with Gasteiger partial charge in [0.15, 0.2) is 0 Å². The molecule has 1 aromatic rings. The molecule has 2 aliphatic carbocycles. The summed E-state index contributed by atoms with van der Waals surface area (Å²) >= 11 is 0. The Labute approximate surface area is 172 Å². The van der Waals surface area contributed by atoms with E-state index in [0.29, 0.717) is 11.0 Å². The highest BCUT2D eigenvalue weighted by atomic mass is 16.6. The Morgan fingerprint density at radius 2 is 1.86 bits per heavy atom. The van der Waals surface area contributed by atoms with Crippen molar-refractivity contribution in [1.29, 1.82) is 5.26 Å². The normalized spacial score (nSPS) is 29.0. The third-order valence-electron chi connectivity index (χ3n) is 7.75. The van der Waals surface area contributed by atoms with Crippen LogP contribution in [-0.4, -0.2) is 25.8 Å². The van der Waals surface area contributed by atoms with Gasteiger partial charge in [-0.3, -0.25) is 0 Å². The molecule has 1 heterocycles. The van der Waals surface area contributed by atoms with E-state index in [4.69, 9.17) is 10.00 Å². The molecule has 1 aromatic carbocycles. The molecule has 2 atom stereocenters. The number of unbranched alkanes of at least 4 members (excludes halogenated alkanes) is 1. The average Bonchev–Trinajstić information content (AvgIpc) is 3.61. The number of ether oxygens (including phenoxy) is 1. The molecular weight excluding hydrogens is 344 g/mol. The highest BCUT2D eigenvalue weighted by Crippen LogP contribution is 2.70. The molecule has 154 valence electrons.